The topological polar surface area (TPSA) is 63.9 Å². The molecule has 0 radical (unpaired) electrons. The molecule has 6 heteroatoms. The van der Waals surface area contributed by atoms with Gasteiger partial charge in [0.15, 0.2) is 0 Å². The summed E-state index contributed by atoms with van der Waals surface area (Å²) >= 11 is 0. The number of rotatable bonds is 2. The number of aromatic nitrogens is 4. The highest BCUT2D eigenvalue weighted by atomic mass is 16.2. The zero-order valence-electron chi connectivity index (χ0n) is 16.2. The van der Waals surface area contributed by atoms with E-state index in [1.165, 1.54) is 11.3 Å². The number of nitrogens with zero attached hydrogens (tertiary/aromatic N) is 5. The molecule has 2 aromatic carbocycles. The van der Waals surface area contributed by atoms with Gasteiger partial charge in [0.2, 0.25) is 0 Å². The number of carbonyl (C=O) groups is 1. The Labute approximate surface area is 168 Å². The third-order valence-electron chi connectivity index (χ3n) is 5.58. The van der Waals surface area contributed by atoms with E-state index in [4.69, 9.17) is 5.10 Å². The molecule has 4 aromatic rings. The Hall–Kier alpha value is -3.54. The van der Waals surface area contributed by atoms with E-state index in [9.17, 15) is 4.79 Å². The van der Waals surface area contributed by atoms with Crippen LogP contribution in [0.1, 0.15) is 21.6 Å². The smallest absolute Gasteiger partial charge is 0.253 e. The van der Waals surface area contributed by atoms with Gasteiger partial charge in [0.25, 0.3) is 5.91 Å². The van der Waals surface area contributed by atoms with E-state index in [1.807, 2.05) is 53.0 Å². The lowest BCUT2D eigenvalue weighted by Gasteiger charge is -2.20. The van der Waals surface area contributed by atoms with Gasteiger partial charge in [-0.15, -0.1) is 0 Å². The van der Waals surface area contributed by atoms with Crippen molar-refractivity contribution in [1.29, 1.82) is 0 Å². The molecule has 0 N–H and O–H groups in total. The third-order valence-corrected chi connectivity index (χ3v) is 5.58. The van der Waals surface area contributed by atoms with Gasteiger partial charge in [0.05, 0.1) is 16.7 Å². The van der Waals surface area contributed by atoms with Gasteiger partial charge in [-0.05, 0) is 24.6 Å². The van der Waals surface area contributed by atoms with Crippen LogP contribution in [0.2, 0.25) is 0 Å². The average molecular weight is 383 g/mol. The van der Waals surface area contributed by atoms with E-state index in [0.717, 1.165) is 35.1 Å². The Balaban J connectivity index is 1.42. The standard InChI is InChI=1S/C23H21N5O/c1-27-21-10-14-28(13-9-18(21)22(26-27)16-5-3-2-4-6-16)23(29)17-7-8-19-20(15-17)25-12-11-24-19/h2-8,11-12,15H,9-10,13-14H2,1H3. The Morgan fingerprint density at radius 3 is 2.52 bits per heavy atom. The zero-order chi connectivity index (χ0) is 19.8. The summed E-state index contributed by atoms with van der Waals surface area (Å²) in [6.45, 7) is 1.36. The number of amides is 1. The number of aryl methyl sites for hydroxylation is 1. The van der Waals surface area contributed by atoms with Crippen molar-refractivity contribution in [1.82, 2.24) is 24.6 Å². The van der Waals surface area contributed by atoms with Crippen molar-refractivity contribution in [2.75, 3.05) is 13.1 Å². The minimum absolute atomic E-state index is 0.0413. The summed E-state index contributed by atoms with van der Waals surface area (Å²) in [6.07, 6.45) is 4.91. The number of hydrogen-bond acceptors (Lipinski definition) is 4. The summed E-state index contributed by atoms with van der Waals surface area (Å²) < 4.78 is 1.97. The van der Waals surface area contributed by atoms with Crippen LogP contribution in [0.15, 0.2) is 60.9 Å². The average Bonchev–Trinajstić information content (AvgIpc) is 2.94. The highest BCUT2D eigenvalue weighted by Crippen LogP contribution is 2.28. The molecule has 0 saturated heterocycles. The summed E-state index contributed by atoms with van der Waals surface area (Å²) in [5.41, 5.74) is 6.81. The van der Waals surface area contributed by atoms with Gasteiger partial charge in [-0.1, -0.05) is 30.3 Å². The number of fused-ring (bicyclic) bond motifs is 2. The number of carbonyl (C=O) groups excluding carboxylic acids is 1. The third kappa shape index (κ3) is 3.16. The second-order valence-corrected chi connectivity index (χ2v) is 7.32. The largest absolute Gasteiger partial charge is 0.338 e. The lowest BCUT2D eigenvalue weighted by Crippen LogP contribution is -2.33. The van der Waals surface area contributed by atoms with Crippen LogP contribution in [0.5, 0.6) is 0 Å². The fraction of sp³-hybridized carbons (Fsp3) is 0.217. The molecule has 0 spiro atoms. The van der Waals surface area contributed by atoms with Crippen molar-refractivity contribution in [3.05, 3.63) is 77.7 Å². The zero-order valence-corrected chi connectivity index (χ0v) is 16.2. The minimum atomic E-state index is 0.0413. The molecule has 3 heterocycles. The first-order chi connectivity index (χ1) is 14.2. The molecule has 0 bridgehead atoms. The molecule has 144 valence electrons. The monoisotopic (exact) mass is 383 g/mol. The van der Waals surface area contributed by atoms with Crippen molar-refractivity contribution in [2.45, 2.75) is 12.8 Å². The predicted molar refractivity (Wildman–Crippen MR) is 111 cm³/mol. The molecule has 29 heavy (non-hydrogen) atoms. The van der Waals surface area contributed by atoms with Crippen LogP contribution in [-0.4, -0.2) is 43.6 Å². The lowest BCUT2D eigenvalue weighted by atomic mass is 10.0. The summed E-state index contributed by atoms with van der Waals surface area (Å²) in [5.74, 6) is 0.0413. The van der Waals surface area contributed by atoms with Crippen LogP contribution in [0.25, 0.3) is 22.3 Å². The first kappa shape index (κ1) is 17.6. The highest BCUT2D eigenvalue weighted by molar-refractivity contribution is 5.97. The molecule has 0 unspecified atom stereocenters. The summed E-state index contributed by atoms with van der Waals surface area (Å²) in [5, 5.41) is 4.76. The van der Waals surface area contributed by atoms with Crippen LogP contribution in [0, 0.1) is 0 Å². The van der Waals surface area contributed by atoms with Gasteiger partial charge in [0.1, 0.15) is 0 Å². The molecule has 0 saturated carbocycles. The van der Waals surface area contributed by atoms with Crippen LogP contribution in [0.3, 0.4) is 0 Å². The number of hydrogen-bond donors (Lipinski definition) is 0. The van der Waals surface area contributed by atoms with Crippen molar-refractivity contribution in [3.63, 3.8) is 0 Å². The SMILES string of the molecule is Cn1nc(-c2ccccc2)c2c1CCN(C(=O)c1ccc3nccnc3c1)CC2. The maximum Gasteiger partial charge on any atom is 0.253 e. The molecular formula is C23H21N5O. The van der Waals surface area contributed by atoms with Crippen LogP contribution in [-0.2, 0) is 19.9 Å². The fourth-order valence-electron chi connectivity index (χ4n) is 4.09. The molecule has 0 aliphatic carbocycles. The second-order valence-electron chi connectivity index (χ2n) is 7.32. The van der Waals surface area contributed by atoms with E-state index in [0.29, 0.717) is 18.7 Å². The van der Waals surface area contributed by atoms with Crippen molar-refractivity contribution >= 4 is 16.9 Å². The highest BCUT2D eigenvalue weighted by Gasteiger charge is 2.25. The van der Waals surface area contributed by atoms with Gasteiger partial charge in [-0.2, -0.15) is 5.10 Å². The van der Waals surface area contributed by atoms with Crippen molar-refractivity contribution in [3.8, 4) is 11.3 Å². The minimum Gasteiger partial charge on any atom is -0.338 e. The Morgan fingerprint density at radius 2 is 1.69 bits per heavy atom. The van der Waals surface area contributed by atoms with E-state index in [-0.39, 0.29) is 5.91 Å². The van der Waals surface area contributed by atoms with E-state index >= 15 is 0 Å². The van der Waals surface area contributed by atoms with Crippen molar-refractivity contribution in [2.24, 2.45) is 7.05 Å². The summed E-state index contributed by atoms with van der Waals surface area (Å²) in [4.78, 5) is 23.7. The molecule has 2 aromatic heterocycles. The molecule has 5 rings (SSSR count). The van der Waals surface area contributed by atoms with Crippen LogP contribution < -0.4 is 0 Å². The summed E-state index contributed by atoms with van der Waals surface area (Å²) in [7, 11) is 1.99. The molecule has 0 fully saturated rings. The molecule has 1 aliphatic rings. The molecule has 1 amide bonds. The maximum absolute atomic E-state index is 13.2. The Kier molecular flexibility index (Phi) is 4.31. The van der Waals surface area contributed by atoms with Crippen molar-refractivity contribution < 1.29 is 4.79 Å². The molecular weight excluding hydrogens is 362 g/mol. The van der Waals surface area contributed by atoms with Gasteiger partial charge in [-0.25, -0.2) is 0 Å². The second kappa shape index (κ2) is 7.13. The maximum atomic E-state index is 13.2. The van der Waals surface area contributed by atoms with E-state index in [1.54, 1.807) is 12.4 Å². The molecule has 0 atom stereocenters. The fourth-order valence-corrected chi connectivity index (χ4v) is 4.09. The van der Waals surface area contributed by atoms with E-state index in [2.05, 4.69) is 22.1 Å². The number of benzene rings is 2. The Morgan fingerprint density at radius 1 is 0.931 bits per heavy atom. The first-order valence-electron chi connectivity index (χ1n) is 9.81. The molecule has 6 nitrogen and oxygen atoms in total. The normalized spacial score (nSPS) is 13.9. The van der Waals surface area contributed by atoms with Crippen LogP contribution in [0.4, 0.5) is 0 Å². The lowest BCUT2D eigenvalue weighted by molar-refractivity contribution is 0.0762. The summed E-state index contributed by atoms with van der Waals surface area (Å²) in [6, 6.07) is 15.8. The Bertz CT molecular complexity index is 1200. The van der Waals surface area contributed by atoms with Gasteiger partial charge >= 0.3 is 0 Å². The van der Waals surface area contributed by atoms with Gasteiger partial charge in [-0.3, -0.25) is 19.4 Å². The predicted octanol–water partition coefficient (Wildman–Crippen LogP) is 3.27. The van der Waals surface area contributed by atoms with E-state index < -0.39 is 0 Å². The van der Waals surface area contributed by atoms with Gasteiger partial charge < -0.3 is 4.90 Å². The van der Waals surface area contributed by atoms with Gasteiger partial charge in [0, 0.05) is 61.3 Å². The first-order valence-corrected chi connectivity index (χ1v) is 9.81. The quantitative estimate of drug-likeness (QED) is 0.533. The van der Waals surface area contributed by atoms with Crippen LogP contribution >= 0.6 is 0 Å². The molecule has 1 aliphatic heterocycles.